The third-order valence-electron chi connectivity index (χ3n) is 0.133. The minimum absolute atomic E-state index is 0. The van der Waals surface area contributed by atoms with E-state index >= 15 is 0 Å². The Kier molecular flexibility index (Phi) is 19.3. The number of hydrogen-bond donors (Lipinski definition) is 0. The summed E-state index contributed by atoms with van der Waals surface area (Å²) in [5.41, 5.74) is 0. The van der Waals surface area contributed by atoms with E-state index < -0.39 is 16.5 Å². The van der Waals surface area contributed by atoms with E-state index in [2.05, 4.69) is 4.31 Å². The molecule has 0 amide bonds. The van der Waals surface area contributed by atoms with Crippen LogP contribution < -0.4 is 68.9 Å². The van der Waals surface area contributed by atoms with Crippen molar-refractivity contribution >= 4 is 16.5 Å². The van der Waals surface area contributed by atoms with E-state index in [9.17, 15) is 18.9 Å². The van der Waals surface area contributed by atoms with Crippen LogP contribution in [0.2, 0.25) is 0 Å². The molecule has 0 saturated heterocycles. The van der Waals surface area contributed by atoms with E-state index in [1.54, 1.807) is 0 Å². The SMILES string of the molecule is O=[P+]([O-])O[P+](=O)[O-].[Na+].[Na+]. The molecule has 0 aromatic carbocycles. The maximum atomic E-state index is 9.24. The first-order chi connectivity index (χ1) is 3.13. The van der Waals surface area contributed by atoms with Crippen molar-refractivity contribution in [2.45, 2.75) is 0 Å². The summed E-state index contributed by atoms with van der Waals surface area (Å²) in [5.74, 6) is 0. The Morgan fingerprint density at radius 1 is 1.00 bits per heavy atom. The van der Waals surface area contributed by atoms with Crippen LogP contribution in [0.3, 0.4) is 0 Å². The first-order valence-corrected chi connectivity index (χ1v) is 3.29. The summed E-state index contributed by atoms with van der Waals surface area (Å²) in [4.78, 5) is 18.5. The van der Waals surface area contributed by atoms with Gasteiger partial charge in [0.1, 0.15) is 4.31 Å². The molecule has 0 aliphatic heterocycles. The van der Waals surface area contributed by atoms with Crippen LogP contribution in [0.4, 0.5) is 0 Å². The molecule has 0 saturated carbocycles. The van der Waals surface area contributed by atoms with E-state index in [0.29, 0.717) is 0 Å². The number of rotatable bonds is 2. The van der Waals surface area contributed by atoms with E-state index in [1.807, 2.05) is 0 Å². The van der Waals surface area contributed by atoms with Crippen LogP contribution in [-0.4, -0.2) is 0 Å². The van der Waals surface area contributed by atoms with Crippen LogP contribution in [-0.2, 0) is 13.4 Å². The molecule has 0 aromatic rings. The molecular formula is Na2O5P2+2. The fourth-order valence-corrected chi connectivity index (χ4v) is 0.490. The second kappa shape index (κ2) is 10.1. The Morgan fingerprint density at radius 3 is 1.22 bits per heavy atom. The molecule has 0 radical (unpaired) electrons. The summed E-state index contributed by atoms with van der Waals surface area (Å²) < 4.78 is 21.6. The molecule has 5 nitrogen and oxygen atoms in total. The molecule has 0 aliphatic carbocycles. The molecule has 9 heavy (non-hydrogen) atoms. The molecule has 0 heterocycles. The van der Waals surface area contributed by atoms with Gasteiger partial charge in [-0.25, -0.2) is 0 Å². The van der Waals surface area contributed by atoms with Crippen LogP contribution in [0.15, 0.2) is 0 Å². The standard InChI is InChI=1S/2Na.O5P2/c;;1-6(2)5-7(3)4/q2*+1;. The Bertz CT molecular complexity index is 89.1. The summed E-state index contributed by atoms with van der Waals surface area (Å²) in [6.07, 6.45) is 0. The van der Waals surface area contributed by atoms with E-state index in [-0.39, 0.29) is 59.1 Å². The van der Waals surface area contributed by atoms with Crippen LogP contribution in [0.25, 0.3) is 0 Å². The molecule has 0 rings (SSSR count). The van der Waals surface area contributed by atoms with Gasteiger partial charge in [-0.15, -0.1) is 0 Å². The first kappa shape index (κ1) is 17.2. The largest absolute Gasteiger partial charge is 1.00 e. The topological polar surface area (TPSA) is 89.5 Å². The van der Waals surface area contributed by atoms with Crippen molar-refractivity contribution in [1.29, 1.82) is 0 Å². The average molecular weight is 188 g/mol. The van der Waals surface area contributed by atoms with Crippen LogP contribution in [0.5, 0.6) is 0 Å². The first-order valence-electron chi connectivity index (χ1n) is 1.10. The van der Waals surface area contributed by atoms with Crippen molar-refractivity contribution in [3.63, 3.8) is 0 Å². The van der Waals surface area contributed by atoms with Crippen LogP contribution >= 0.6 is 16.5 Å². The van der Waals surface area contributed by atoms with Crippen molar-refractivity contribution in [1.82, 2.24) is 0 Å². The molecule has 0 N–H and O–H groups in total. The van der Waals surface area contributed by atoms with Gasteiger partial charge in [0.15, 0.2) is 0 Å². The molecule has 0 aromatic heterocycles. The predicted octanol–water partition coefficient (Wildman–Crippen LogP) is -6.95. The summed E-state index contributed by atoms with van der Waals surface area (Å²) in [6.45, 7) is 0. The minimum atomic E-state index is -3.24. The fraction of sp³-hybridized carbons (Fsp3) is 0. The maximum absolute atomic E-state index is 9.24. The third-order valence-corrected chi connectivity index (χ3v) is 1.20. The van der Waals surface area contributed by atoms with Gasteiger partial charge in [0.2, 0.25) is 0 Å². The van der Waals surface area contributed by atoms with Gasteiger partial charge in [-0.2, -0.15) is 0 Å². The zero-order chi connectivity index (χ0) is 5.86. The maximum Gasteiger partial charge on any atom is 1.00 e. The number of hydrogen-bond acceptors (Lipinski definition) is 5. The molecule has 9 heteroatoms. The second-order valence-electron chi connectivity index (χ2n) is 0.529. The normalized spacial score (nSPS) is 10.4. The summed E-state index contributed by atoms with van der Waals surface area (Å²) in [7, 11) is -6.47. The van der Waals surface area contributed by atoms with Crippen molar-refractivity contribution in [3.8, 4) is 0 Å². The van der Waals surface area contributed by atoms with E-state index in [0.717, 1.165) is 0 Å². The molecule has 40 valence electrons. The molecule has 2 atom stereocenters. The van der Waals surface area contributed by atoms with Crippen molar-refractivity contribution in [2.75, 3.05) is 0 Å². The second-order valence-corrected chi connectivity index (χ2v) is 2.08. The molecule has 0 spiro atoms. The van der Waals surface area contributed by atoms with Crippen molar-refractivity contribution < 1.29 is 82.3 Å². The molecule has 2 unspecified atom stereocenters. The third kappa shape index (κ3) is 17.8. The Morgan fingerprint density at radius 2 is 1.22 bits per heavy atom. The quantitative estimate of drug-likeness (QED) is 0.317. The van der Waals surface area contributed by atoms with Gasteiger partial charge in [0, 0.05) is 0 Å². The smallest absolute Gasteiger partial charge is 0.563 e. The Hall–Kier alpha value is 2.08. The summed E-state index contributed by atoms with van der Waals surface area (Å²) >= 11 is 0. The van der Waals surface area contributed by atoms with Gasteiger partial charge in [-0.1, -0.05) is 0 Å². The minimum Gasteiger partial charge on any atom is -0.563 e. The molecule has 0 fully saturated rings. The zero-order valence-electron chi connectivity index (χ0n) is 4.94. The predicted molar refractivity (Wildman–Crippen MR) is 16.3 cm³/mol. The van der Waals surface area contributed by atoms with Gasteiger partial charge >= 0.3 is 75.6 Å². The van der Waals surface area contributed by atoms with E-state index in [4.69, 9.17) is 0 Å². The summed E-state index contributed by atoms with van der Waals surface area (Å²) in [5, 5.41) is 0. The van der Waals surface area contributed by atoms with Gasteiger partial charge in [-0.3, -0.25) is 0 Å². The Labute approximate surface area is 97.7 Å². The van der Waals surface area contributed by atoms with Gasteiger partial charge in [0.25, 0.3) is 0 Å². The van der Waals surface area contributed by atoms with Gasteiger partial charge < -0.3 is 9.79 Å². The molecule has 0 bridgehead atoms. The molecular weight excluding hydrogens is 188 g/mol. The van der Waals surface area contributed by atoms with Crippen LogP contribution in [0.1, 0.15) is 0 Å². The average Bonchev–Trinajstić information content (AvgIpc) is 1.27. The zero-order valence-corrected chi connectivity index (χ0v) is 10.7. The van der Waals surface area contributed by atoms with E-state index in [1.165, 1.54) is 0 Å². The van der Waals surface area contributed by atoms with Gasteiger partial charge in [0.05, 0.1) is 0 Å². The summed E-state index contributed by atoms with van der Waals surface area (Å²) in [6, 6.07) is 0. The fourth-order valence-electron chi connectivity index (χ4n) is 0.0544. The Balaban J connectivity index is -0.000000180. The monoisotopic (exact) mass is 188 g/mol. The van der Waals surface area contributed by atoms with Crippen molar-refractivity contribution in [3.05, 3.63) is 0 Å². The molecule has 0 aliphatic rings. The van der Waals surface area contributed by atoms with Crippen molar-refractivity contribution in [2.24, 2.45) is 0 Å². The van der Waals surface area contributed by atoms with Gasteiger partial charge in [-0.05, 0) is 9.13 Å². The van der Waals surface area contributed by atoms with Crippen LogP contribution in [0, 0.1) is 0 Å².